The van der Waals surface area contributed by atoms with Crippen molar-refractivity contribution in [2.45, 2.75) is 37.0 Å². The van der Waals surface area contributed by atoms with E-state index in [0.29, 0.717) is 36.2 Å². The molecule has 4 rings (SSSR count). The summed E-state index contributed by atoms with van der Waals surface area (Å²) in [6.07, 6.45) is 2.71. The van der Waals surface area contributed by atoms with Crippen LogP contribution in [0.1, 0.15) is 63.1 Å². The normalized spacial score (nSPS) is 23.9. The summed E-state index contributed by atoms with van der Waals surface area (Å²) in [6.45, 7) is 0.860. The summed E-state index contributed by atoms with van der Waals surface area (Å²) in [6, 6.07) is 6.54. The Morgan fingerprint density at radius 1 is 1.26 bits per heavy atom. The Balaban J connectivity index is 1.57. The molecule has 2 atom stereocenters. The minimum Gasteiger partial charge on any atom is -0.477 e. The van der Waals surface area contributed by atoms with Crippen LogP contribution in [-0.4, -0.2) is 51.1 Å². The van der Waals surface area contributed by atoms with Crippen LogP contribution in [0.5, 0.6) is 0 Å². The summed E-state index contributed by atoms with van der Waals surface area (Å²) in [5.74, 6) is -5.16. The van der Waals surface area contributed by atoms with E-state index in [4.69, 9.17) is 0 Å². The third-order valence-electron chi connectivity index (χ3n) is 5.42. The van der Waals surface area contributed by atoms with Crippen LogP contribution in [0.15, 0.2) is 30.5 Å². The lowest BCUT2D eigenvalue weighted by Gasteiger charge is -2.33. The standard InChI is InChI=1S/C19H19F2N3O3/c20-19(21)8-15(19)12-5-1-2-6-13(12)17(25)24-7-3-4-11(10-24)14-9-22-23-16(14)18(26)27/h1-2,5-6,9,11,15H,3-4,7-8,10H2,(H,22,23)(H,26,27). The van der Waals surface area contributed by atoms with Gasteiger partial charge in [-0.15, -0.1) is 0 Å². The number of piperidine rings is 1. The largest absolute Gasteiger partial charge is 0.477 e. The van der Waals surface area contributed by atoms with Crippen LogP contribution in [0, 0.1) is 0 Å². The summed E-state index contributed by atoms with van der Waals surface area (Å²) in [7, 11) is 0. The van der Waals surface area contributed by atoms with Crippen molar-refractivity contribution in [1.29, 1.82) is 0 Å². The van der Waals surface area contributed by atoms with Crippen LogP contribution < -0.4 is 0 Å². The van der Waals surface area contributed by atoms with Crippen molar-refractivity contribution in [3.8, 4) is 0 Å². The molecular formula is C19H19F2N3O3. The molecule has 1 saturated heterocycles. The van der Waals surface area contributed by atoms with Crippen molar-refractivity contribution < 1.29 is 23.5 Å². The number of benzene rings is 1. The second-order valence-electron chi connectivity index (χ2n) is 7.20. The molecule has 2 unspecified atom stereocenters. The molecule has 6 nitrogen and oxygen atoms in total. The van der Waals surface area contributed by atoms with Gasteiger partial charge in [-0.3, -0.25) is 9.89 Å². The number of H-pyrrole nitrogens is 1. The third-order valence-corrected chi connectivity index (χ3v) is 5.42. The van der Waals surface area contributed by atoms with Gasteiger partial charge in [-0.1, -0.05) is 18.2 Å². The number of aromatic nitrogens is 2. The van der Waals surface area contributed by atoms with Gasteiger partial charge >= 0.3 is 5.97 Å². The van der Waals surface area contributed by atoms with Crippen LogP contribution in [0.25, 0.3) is 0 Å². The molecule has 2 heterocycles. The Labute approximate surface area is 154 Å². The Kier molecular flexibility index (Phi) is 4.20. The first-order valence-corrected chi connectivity index (χ1v) is 8.91. The van der Waals surface area contributed by atoms with E-state index < -0.39 is 17.8 Å². The molecule has 1 saturated carbocycles. The predicted molar refractivity (Wildman–Crippen MR) is 92.2 cm³/mol. The van der Waals surface area contributed by atoms with E-state index in [1.165, 1.54) is 6.20 Å². The number of carboxylic acids is 1. The zero-order valence-corrected chi connectivity index (χ0v) is 14.5. The molecular weight excluding hydrogens is 356 g/mol. The molecule has 8 heteroatoms. The molecule has 1 aromatic heterocycles. The van der Waals surface area contributed by atoms with E-state index in [2.05, 4.69) is 10.2 Å². The Bertz CT molecular complexity index is 896. The van der Waals surface area contributed by atoms with Gasteiger partial charge in [-0.25, -0.2) is 13.6 Å². The fraction of sp³-hybridized carbons (Fsp3) is 0.421. The monoisotopic (exact) mass is 375 g/mol. The number of aromatic carboxylic acids is 1. The number of rotatable bonds is 4. The van der Waals surface area contributed by atoms with E-state index >= 15 is 0 Å². The number of halogens is 2. The molecule has 2 aromatic rings. The minimum absolute atomic E-state index is 0.0346. The number of hydrogen-bond donors (Lipinski definition) is 2. The number of carbonyl (C=O) groups is 2. The maximum Gasteiger partial charge on any atom is 0.354 e. The fourth-order valence-corrected chi connectivity index (χ4v) is 3.91. The van der Waals surface area contributed by atoms with Crippen molar-refractivity contribution >= 4 is 11.9 Å². The number of likely N-dealkylation sites (tertiary alicyclic amines) is 1. The molecule has 0 bridgehead atoms. The van der Waals surface area contributed by atoms with Crippen molar-refractivity contribution in [2.75, 3.05) is 13.1 Å². The third kappa shape index (κ3) is 3.20. The van der Waals surface area contributed by atoms with Crippen molar-refractivity contribution in [3.63, 3.8) is 0 Å². The zero-order valence-electron chi connectivity index (χ0n) is 14.5. The number of carbonyl (C=O) groups excluding carboxylic acids is 1. The second-order valence-corrected chi connectivity index (χ2v) is 7.20. The number of hydrogen-bond acceptors (Lipinski definition) is 3. The number of amides is 1. The Morgan fingerprint density at radius 3 is 2.70 bits per heavy atom. The summed E-state index contributed by atoms with van der Waals surface area (Å²) < 4.78 is 27.1. The topological polar surface area (TPSA) is 86.3 Å². The highest BCUT2D eigenvalue weighted by Gasteiger charge is 2.58. The van der Waals surface area contributed by atoms with Crippen molar-refractivity contribution in [3.05, 3.63) is 52.8 Å². The highest BCUT2D eigenvalue weighted by atomic mass is 19.3. The average Bonchev–Trinajstić information content (AvgIpc) is 3.08. The summed E-state index contributed by atoms with van der Waals surface area (Å²) in [5.41, 5.74) is 1.31. The van der Waals surface area contributed by atoms with Gasteiger partial charge in [-0.05, 0) is 24.5 Å². The number of nitrogens with one attached hydrogen (secondary N) is 1. The molecule has 0 spiro atoms. The van der Waals surface area contributed by atoms with Gasteiger partial charge in [0.1, 0.15) is 5.69 Å². The van der Waals surface area contributed by atoms with E-state index in [1.54, 1.807) is 29.2 Å². The van der Waals surface area contributed by atoms with Gasteiger partial charge < -0.3 is 10.0 Å². The fourth-order valence-electron chi connectivity index (χ4n) is 3.91. The van der Waals surface area contributed by atoms with E-state index in [9.17, 15) is 23.5 Å². The highest BCUT2D eigenvalue weighted by Crippen LogP contribution is 2.56. The summed E-state index contributed by atoms with van der Waals surface area (Å²) in [5, 5.41) is 15.6. The summed E-state index contributed by atoms with van der Waals surface area (Å²) >= 11 is 0. The van der Waals surface area contributed by atoms with Crippen LogP contribution in [-0.2, 0) is 0 Å². The molecule has 1 aromatic carbocycles. The number of alkyl halides is 2. The summed E-state index contributed by atoms with van der Waals surface area (Å²) in [4.78, 5) is 26.0. The molecule has 27 heavy (non-hydrogen) atoms. The quantitative estimate of drug-likeness (QED) is 0.859. The van der Waals surface area contributed by atoms with Crippen LogP contribution in [0.4, 0.5) is 8.78 Å². The molecule has 0 radical (unpaired) electrons. The van der Waals surface area contributed by atoms with Gasteiger partial charge in [0.25, 0.3) is 11.8 Å². The van der Waals surface area contributed by atoms with Gasteiger partial charge in [0.15, 0.2) is 0 Å². The van der Waals surface area contributed by atoms with E-state index in [0.717, 1.165) is 6.42 Å². The zero-order chi connectivity index (χ0) is 19.2. The first-order chi connectivity index (χ1) is 12.9. The lowest BCUT2D eigenvalue weighted by atomic mass is 9.90. The maximum atomic E-state index is 13.5. The van der Waals surface area contributed by atoms with Gasteiger partial charge in [0, 0.05) is 36.6 Å². The SMILES string of the molecule is O=C(O)c1[nH]ncc1C1CCCN(C(=O)c2ccccc2C2CC2(F)F)C1. The molecule has 142 valence electrons. The van der Waals surface area contributed by atoms with Gasteiger partial charge in [0.2, 0.25) is 0 Å². The van der Waals surface area contributed by atoms with Gasteiger partial charge in [0.05, 0.1) is 12.1 Å². The lowest BCUT2D eigenvalue weighted by molar-refractivity contribution is 0.0686. The van der Waals surface area contributed by atoms with E-state index in [1.807, 2.05) is 0 Å². The molecule has 1 amide bonds. The van der Waals surface area contributed by atoms with Gasteiger partial charge in [-0.2, -0.15) is 5.10 Å². The molecule has 2 fully saturated rings. The number of nitrogens with zero attached hydrogens (tertiary/aromatic N) is 2. The molecule has 2 N–H and O–H groups in total. The lowest BCUT2D eigenvalue weighted by Crippen LogP contribution is -2.39. The Hall–Kier alpha value is -2.77. The smallest absolute Gasteiger partial charge is 0.354 e. The highest BCUT2D eigenvalue weighted by molar-refractivity contribution is 5.96. The van der Waals surface area contributed by atoms with Crippen LogP contribution in [0.3, 0.4) is 0 Å². The average molecular weight is 375 g/mol. The van der Waals surface area contributed by atoms with Crippen molar-refractivity contribution in [1.82, 2.24) is 15.1 Å². The number of carboxylic acid groups (broad SMARTS) is 1. The van der Waals surface area contributed by atoms with Crippen LogP contribution in [0.2, 0.25) is 0 Å². The molecule has 1 aliphatic heterocycles. The second kappa shape index (κ2) is 6.44. The number of aromatic amines is 1. The van der Waals surface area contributed by atoms with Crippen LogP contribution >= 0.6 is 0 Å². The first-order valence-electron chi connectivity index (χ1n) is 8.91. The maximum absolute atomic E-state index is 13.5. The molecule has 1 aliphatic carbocycles. The molecule has 2 aliphatic rings. The first kappa shape index (κ1) is 17.6. The van der Waals surface area contributed by atoms with E-state index in [-0.39, 0.29) is 23.9 Å². The Morgan fingerprint density at radius 2 is 2.00 bits per heavy atom. The minimum atomic E-state index is -2.74. The predicted octanol–water partition coefficient (Wildman–Crippen LogP) is 3.25. The van der Waals surface area contributed by atoms with Crippen molar-refractivity contribution in [2.24, 2.45) is 0 Å².